The summed E-state index contributed by atoms with van der Waals surface area (Å²) in [6.07, 6.45) is 5.43. The monoisotopic (exact) mass is 385 g/mol. The first-order valence-electron chi connectivity index (χ1n) is 9.21. The van der Waals surface area contributed by atoms with Gasteiger partial charge in [0.25, 0.3) is 0 Å². The second-order valence-electron chi connectivity index (χ2n) is 6.53. The van der Waals surface area contributed by atoms with Crippen LogP contribution < -0.4 is 16.0 Å². The Morgan fingerprint density at radius 1 is 0.724 bits per heavy atom. The first kappa shape index (κ1) is 18.4. The summed E-state index contributed by atoms with van der Waals surface area (Å²) < 4.78 is 0. The molecular weight excluding hydrogens is 366 g/mol. The third kappa shape index (κ3) is 4.84. The molecule has 1 aliphatic rings. The Labute approximate surface area is 167 Å². The van der Waals surface area contributed by atoms with E-state index in [-0.39, 0.29) is 24.7 Å². The lowest BCUT2D eigenvalue weighted by molar-refractivity contribution is -0.116. The highest BCUT2D eigenvalue weighted by Crippen LogP contribution is 2.23. The number of anilines is 4. The van der Waals surface area contributed by atoms with Gasteiger partial charge in [-0.3, -0.25) is 9.59 Å². The lowest BCUT2D eigenvalue weighted by Crippen LogP contribution is -2.11. The first-order chi connectivity index (χ1) is 14.2. The summed E-state index contributed by atoms with van der Waals surface area (Å²) in [6.45, 7) is 0. The van der Waals surface area contributed by atoms with Crippen LogP contribution in [0.5, 0.6) is 0 Å². The highest BCUT2D eigenvalue weighted by atomic mass is 16.2. The van der Waals surface area contributed by atoms with Crippen molar-refractivity contribution in [3.8, 4) is 11.3 Å². The van der Waals surface area contributed by atoms with Crippen LogP contribution in [0.4, 0.5) is 23.0 Å². The van der Waals surface area contributed by atoms with E-state index in [0.717, 1.165) is 16.9 Å². The van der Waals surface area contributed by atoms with Gasteiger partial charge in [-0.05, 0) is 36.4 Å². The van der Waals surface area contributed by atoms with Crippen LogP contribution in [0.2, 0.25) is 0 Å². The Morgan fingerprint density at radius 2 is 1.34 bits per heavy atom. The van der Waals surface area contributed by atoms with Crippen molar-refractivity contribution in [1.82, 2.24) is 9.97 Å². The molecule has 0 spiro atoms. The number of hydrogen-bond donors (Lipinski definition) is 3. The minimum atomic E-state index is -0.161. The number of amides is 2. The predicted molar refractivity (Wildman–Crippen MR) is 113 cm³/mol. The van der Waals surface area contributed by atoms with Gasteiger partial charge >= 0.3 is 0 Å². The summed E-state index contributed by atoms with van der Waals surface area (Å²) in [7, 11) is 0. The number of carbonyl (C=O) groups excluding carboxylic acids is 2. The van der Waals surface area contributed by atoms with Gasteiger partial charge in [0.05, 0.1) is 5.69 Å². The van der Waals surface area contributed by atoms with Crippen molar-refractivity contribution in [2.24, 2.45) is 0 Å². The molecule has 1 aliphatic heterocycles. The lowest BCUT2D eigenvalue weighted by Gasteiger charge is -2.10. The molecule has 7 heteroatoms. The molecule has 29 heavy (non-hydrogen) atoms. The molecule has 0 saturated carbocycles. The standard InChI is InChI=1S/C22H19N5O2/c28-20-9-1-2-10-21(29)25-17-7-4-8-18(14-17)26-22-23-12-11-19(27-22)15-5-3-6-16(13-15)24-20/h1-8,11-14H,9-10H2,(H,24,28)(H,25,29)(H,23,26,27)/b2-1+. The number of carbonyl (C=O) groups is 2. The summed E-state index contributed by atoms with van der Waals surface area (Å²) in [5, 5.41) is 8.86. The maximum Gasteiger partial charge on any atom is 0.228 e. The molecule has 0 saturated heterocycles. The van der Waals surface area contributed by atoms with Crippen LogP contribution >= 0.6 is 0 Å². The minimum absolute atomic E-state index is 0.155. The molecule has 7 nitrogen and oxygen atoms in total. The van der Waals surface area contributed by atoms with Crippen molar-refractivity contribution in [2.45, 2.75) is 12.8 Å². The molecule has 2 heterocycles. The molecule has 2 aromatic carbocycles. The maximum absolute atomic E-state index is 12.2. The molecular formula is C22H19N5O2. The Bertz CT molecular complexity index is 1090. The third-order valence-corrected chi connectivity index (χ3v) is 4.27. The highest BCUT2D eigenvalue weighted by Gasteiger charge is 2.07. The average molecular weight is 385 g/mol. The van der Waals surface area contributed by atoms with Gasteiger partial charge in [-0.1, -0.05) is 30.4 Å². The second-order valence-corrected chi connectivity index (χ2v) is 6.53. The van der Waals surface area contributed by atoms with Gasteiger partial charge in [-0.25, -0.2) is 9.97 Å². The van der Waals surface area contributed by atoms with E-state index in [0.29, 0.717) is 17.3 Å². The number of rotatable bonds is 0. The van der Waals surface area contributed by atoms with Crippen molar-refractivity contribution in [3.63, 3.8) is 0 Å². The van der Waals surface area contributed by atoms with E-state index in [4.69, 9.17) is 0 Å². The summed E-state index contributed by atoms with van der Waals surface area (Å²) in [5.74, 6) is 0.119. The molecule has 6 bridgehead atoms. The Morgan fingerprint density at radius 3 is 2.07 bits per heavy atom. The molecule has 0 atom stereocenters. The fraction of sp³-hybridized carbons (Fsp3) is 0.0909. The summed E-state index contributed by atoms with van der Waals surface area (Å²) >= 11 is 0. The summed E-state index contributed by atoms with van der Waals surface area (Å²) in [4.78, 5) is 33.1. The molecule has 0 fully saturated rings. The largest absolute Gasteiger partial charge is 0.326 e. The van der Waals surface area contributed by atoms with Gasteiger partial charge in [-0.2, -0.15) is 0 Å². The number of aromatic nitrogens is 2. The quantitative estimate of drug-likeness (QED) is 0.506. The van der Waals surface area contributed by atoms with E-state index in [1.165, 1.54) is 0 Å². The van der Waals surface area contributed by atoms with Crippen LogP contribution in [0, 0.1) is 0 Å². The molecule has 144 valence electrons. The third-order valence-electron chi connectivity index (χ3n) is 4.27. The smallest absolute Gasteiger partial charge is 0.228 e. The van der Waals surface area contributed by atoms with Crippen LogP contribution in [0.15, 0.2) is 72.9 Å². The Balaban J connectivity index is 1.71. The van der Waals surface area contributed by atoms with Crippen molar-refractivity contribution < 1.29 is 9.59 Å². The number of fused-ring (bicyclic) bond motifs is 7. The van der Waals surface area contributed by atoms with Gasteiger partial charge in [0.2, 0.25) is 17.8 Å². The molecule has 3 N–H and O–H groups in total. The molecule has 1 aromatic heterocycles. The second kappa shape index (κ2) is 8.35. The fourth-order valence-corrected chi connectivity index (χ4v) is 2.94. The van der Waals surface area contributed by atoms with E-state index < -0.39 is 0 Å². The SMILES string of the molecule is O=C1C/C=C/CC(=O)Nc2cccc(c2)-c2ccnc(n2)Nc2cccc(c2)N1. The topological polar surface area (TPSA) is 96.0 Å². The predicted octanol–water partition coefficient (Wildman–Crippen LogP) is 4.11. The number of nitrogens with zero attached hydrogens (tertiary/aromatic N) is 2. The van der Waals surface area contributed by atoms with Crippen LogP contribution in [0.3, 0.4) is 0 Å². The molecule has 0 aliphatic carbocycles. The van der Waals surface area contributed by atoms with Crippen LogP contribution in [-0.2, 0) is 9.59 Å². The van der Waals surface area contributed by atoms with E-state index in [9.17, 15) is 9.59 Å². The lowest BCUT2D eigenvalue weighted by atomic mass is 10.1. The van der Waals surface area contributed by atoms with Crippen molar-refractivity contribution in [2.75, 3.05) is 16.0 Å². The Hall–Kier alpha value is -4.00. The zero-order valence-electron chi connectivity index (χ0n) is 15.6. The molecule has 4 rings (SSSR count). The van der Waals surface area contributed by atoms with Crippen molar-refractivity contribution in [1.29, 1.82) is 0 Å². The van der Waals surface area contributed by atoms with Crippen LogP contribution in [0.1, 0.15) is 12.8 Å². The molecule has 0 unspecified atom stereocenters. The minimum Gasteiger partial charge on any atom is -0.326 e. The zero-order valence-corrected chi connectivity index (χ0v) is 15.6. The van der Waals surface area contributed by atoms with Crippen LogP contribution in [0.25, 0.3) is 11.3 Å². The summed E-state index contributed by atoms with van der Waals surface area (Å²) in [5.41, 5.74) is 3.70. The highest BCUT2D eigenvalue weighted by molar-refractivity contribution is 5.93. The first-order valence-corrected chi connectivity index (χ1v) is 9.21. The normalized spacial score (nSPS) is 15.2. The Kier molecular flexibility index (Phi) is 5.29. The number of hydrogen-bond acceptors (Lipinski definition) is 5. The molecule has 2 amide bonds. The van der Waals surface area contributed by atoms with E-state index in [1.54, 1.807) is 24.4 Å². The van der Waals surface area contributed by atoms with Gasteiger partial charge in [-0.15, -0.1) is 0 Å². The number of benzene rings is 2. The zero-order chi connectivity index (χ0) is 20.1. The van der Waals surface area contributed by atoms with Gasteiger partial charge in [0, 0.05) is 41.7 Å². The van der Waals surface area contributed by atoms with Gasteiger partial charge in [0.15, 0.2) is 0 Å². The molecule has 0 radical (unpaired) electrons. The van der Waals surface area contributed by atoms with Crippen LogP contribution in [-0.4, -0.2) is 21.8 Å². The van der Waals surface area contributed by atoms with Gasteiger partial charge < -0.3 is 16.0 Å². The maximum atomic E-state index is 12.2. The average Bonchev–Trinajstić information content (AvgIpc) is 2.71. The fourth-order valence-electron chi connectivity index (χ4n) is 2.94. The van der Waals surface area contributed by atoms with Gasteiger partial charge in [0.1, 0.15) is 0 Å². The summed E-state index contributed by atoms with van der Waals surface area (Å²) in [6, 6.07) is 16.6. The van der Waals surface area contributed by atoms with E-state index in [1.807, 2.05) is 48.5 Å². The van der Waals surface area contributed by atoms with Crippen molar-refractivity contribution >= 4 is 34.8 Å². The molecule has 3 aromatic rings. The number of nitrogens with one attached hydrogen (secondary N) is 3. The van der Waals surface area contributed by atoms with Crippen molar-refractivity contribution in [3.05, 3.63) is 72.9 Å². The van der Waals surface area contributed by atoms with E-state index in [2.05, 4.69) is 25.9 Å². The van der Waals surface area contributed by atoms with E-state index >= 15 is 0 Å².